The Bertz CT molecular complexity index is 892. The van der Waals surface area contributed by atoms with Gasteiger partial charge in [-0.25, -0.2) is 0 Å². The predicted octanol–water partition coefficient (Wildman–Crippen LogP) is 1.25. The van der Waals surface area contributed by atoms with Crippen LogP contribution in [-0.4, -0.2) is 28.6 Å². The van der Waals surface area contributed by atoms with Crippen molar-refractivity contribution in [2.75, 3.05) is 0 Å². The molecule has 0 spiro atoms. The molecule has 7 nitrogen and oxygen atoms in total. The number of carbonyl (C=O) groups is 4. The lowest BCUT2D eigenvalue weighted by Gasteiger charge is -2.16. The summed E-state index contributed by atoms with van der Waals surface area (Å²) in [5.41, 5.74) is 3.07. The van der Waals surface area contributed by atoms with Gasteiger partial charge in [-0.05, 0) is 23.8 Å². The minimum absolute atomic E-state index is 0.124. The van der Waals surface area contributed by atoms with E-state index in [-0.39, 0.29) is 5.70 Å². The van der Waals surface area contributed by atoms with Gasteiger partial charge >= 0.3 is 0 Å². The monoisotopic (exact) mass is 349 g/mol. The van der Waals surface area contributed by atoms with Gasteiger partial charge in [0.15, 0.2) is 0 Å². The van der Waals surface area contributed by atoms with Crippen molar-refractivity contribution in [1.82, 2.24) is 15.8 Å². The zero-order valence-corrected chi connectivity index (χ0v) is 13.6. The quantitative estimate of drug-likeness (QED) is 0.641. The highest BCUT2D eigenvalue weighted by atomic mass is 16.2. The van der Waals surface area contributed by atoms with Crippen molar-refractivity contribution in [2.24, 2.45) is 0 Å². The third kappa shape index (κ3) is 3.84. The molecule has 0 unspecified atom stereocenters. The molecule has 3 rings (SSSR count). The third-order valence-corrected chi connectivity index (χ3v) is 3.63. The molecule has 0 radical (unpaired) electrons. The van der Waals surface area contributed by atoms with Crippen LogP contribution in [0, 0.1) is 0 Å². The van der Waals surface area contributed by atoms with Gasteiger partial charge in [0.25, 0.3) is 17.7 Å². The zero-order valence-electron chi connectivity index (χ0n) is 13.6. The molecular formula is C19H15N3O4. The average Bonchev–Trinajstić information content (AvgIpc) is 3.00. The number of nitrogens with one attached hydrogen (secondary N) is 2. The standard InChI is InChI=1S/C19H15N3O4/c23-16-12-17(24)22(21-16)19(26)15(11-13-7-3-1-4-8-13)20-18(25)14-9-5-2-6-10-14/h1-11H,12H2,(H,20,25)(H,21,23)/b15-11+. The number of hydrogen-bond acceptors (Lipinski definition) is 4. The smallest absolute Gasteiger partial charge is 0.296 e. The number of hydrazine groups is 1. The van der Waals surface area contributed by atoms with Crippen molar-refractivity contribution in [3.05, 3.63) is 77.5 Å². The number of imide groups is 1. The number of amides is 4. The maximum atomic E-state index is 12.7. The van der Waals surface area contributed by atoms with E-state index in [1.807, 2.05) is 6.07 Å². The molecule has 7 heteroatoms. The van der Waals surface area contributed by atoms with Gasteiger partial charge in [0.2, 0.25) is 5.91 Å². The lowest BCUT2D eigenvalue weighted by atomic mass is 10.1. The zero-order chi connectivity index (χ0) is 18.5. The van der Waals surface area contributed by atoms with E-state index in [0.29, 0.717) is 16.1 Å². The van der Waals surface area contributed by atoms with E-state index < -0.39 is 30.0 Å². The molecule has 0 atom stereocenters. The second kappa shape index (κ2) is 7.43. The Hall–Kier alpha value is -3.74. The van der Waals surface area contributed by atoms with Crippen molar-refractivity contribution in [1.29, 1.82) is 0 Å². The molecule has 26 heavy (non-hydrogen) atoms. The summed E-state index contributed by atoms with van der Waals surface area (Å²) < 4.78 is 0. The van der Waals surface area contributed by atoms with E-state index in [4.69, 9.17) is 0 Å². The molecule has 0 aromatic heterocycles. The van der Waals surface area contributed by atoms with Gasteiger partial charge in [-0.15, -0.1) is 0 Å². The van der Waals surface area contributed by atoms with Gasteiger partial charge in [0, 0.05) is 5.56 Å². The van der Waals surface area contributed by atoms with Crippen LogP contribution in [0.25, 0.3) is 6.08 Å². The molecule has 1 fully saturated rings. The van der Waals surface area contributed by atoms with Crippen LogP contribution in [0.3, 0.4) is 0 Å². The molecule has 4 amide bonds. The minimum Gasteiger partial charge on any atom is -0.317 e. The second-order valence-electron chi connectivity index (χ2n) is 5.53. The van der Waals surface area contributed by atoms with Crippen LogP contribution in [0.15, 0.2) is 66.4 Å². The van der Waals surface area contributed by atoms with Crippen LogP contribution in [0.4, 0.5) is 0 Å². The van der Waals surface area contributed by atoms with Gasteiger partial charge in [-0.1, -0.05) is 48.5 Å². The molecule has 130 valence electrons. The molecule has 2 aromatic rings. The van der Waals surface area contributed by atoms with Gasteiger partial charge in [-0.2, -0.15) is 5.01 Å². The fourth-order valence-corrected chi connectivity index (χ4v) is 2.38. The topological polar surface area (TPSA) is 95.6 Å². The lowest BCUT2D eigenvalue weighted by molar-refractivity contribution is -0.143. The highest BCUT2D eigenvalue weighted by molar-refractivity contribution is 6.16. The van der Waals surface area contributed by atoms with Crippen molar-refractivity contribution in [2.45, 2.75) is 6.42 Å². The first-order valence-electron chi connectivity index (χ1n) is 7.84. The van der Waals surface area contributed by atoms with E-state index in [9.17, 15) is 19.2 Å². The number of rotatable bonds is 4. The lowest BCUT2D eigenvalue weighted by Crippen LogP contribution is -2.45. The maximum absolute atomic E-state index is 12.7. The van der Waals surface area contributed by atoms with Crippen molar-refractivity contribution in [3.63, 3.8) is 0 Å². The summed E-state index contributed by atoms with van der Waals surface area (Å²) in [6.07, 6.45) is 1.04. The molecule has 2 aromatic carbocycles. The molecule has 0 saturated carbocycles. The van der Waals surface area contributed by atoms with Crippen LogP contribution in [0.5, 0.6) is 0 Å². The molecule has 0 bridgehead atoms. The molecule has 2 N–H and O–H groups in total. The van der Waals surface area contributed by atoms with Gasteiger partial charge in [0.05, 0.1) is 0 Å². The van der Waals surface area contributed by atoms with Crippen LogP contribution in [0.2, 0.25) is 0 Å². The van der Waals surface area contributed by atoms with E-state index in [1.165, 1.54) is 6.08 Å². The van der Waals surface area contributed by atoms with Crippen molar-refractivity contribution < 1.29 is 19.2 Å². The Kier molecular flexibility index (Phi) is 4.89. The molecule has 1 aliphatic heterocycles. The Morgan fingerprint density at radius 1 is 0.962 bits per heavy atom. The predicted molar refractivity (Wildman–Crippen MR) is 92.9 cm³/mol. The minimum atomic E-state index is -0.811. The Morgan fingerprint density at radius 3 is 2.15 bits per heavy atom. The van der Waals surface area contributed by atoms with Crippen LogP contribution < -0.4 is 10.7 Å². The van der Waals surface area contributed by atoms with E-state index in [2.05, 4.69) is 10.7 Å². The number of nitrogens with zero attached hydrogens (tertiary/aromatic N) is 1. The van der Waals surface area contributed by atoms with Gasteiger partial charge in [0.1, 0.15) is 12.1 Å². The fourth-order valence-electron chi connectivity index (χ4n) is 2.38. The average molecular weight is 349 g/mol. The normalized spacial score (nSPS) is 14.2. The highest BCUT2D eigenvalue weighted by Gasteiger charge is 2.34. The summed E-state index contributed by atoms with van der Waals surface area (Å²) in [6.45, 7) is 0. The first-order valence-corrected chi connectivity index (χ1v) is 7.84. The first kappa shape index (κ1) is 17.1. The second-order valence-corrected chi connectivity index (χ2v) is 5.53. The van der Waals surface area contributed by atoms with E-state index >= 15 is 0 Å². The summed E-state index contributed by atoms with van der Waals surface area (Å²) in [5.74, 6) is -2.56. The molecule has 1 heterocycles. The van der Waals surface area contributed by atoms with Crippen LogP contribution >= 0.6 is 0 Å². The Labute approximate surface area is 149 Å². The highest BCUT2D eigenvalue weighted by Crippen LogP contribution is 2.11. The first-order chi connectivity index (χ1) is 12.5. The Balaban J connectivity index is 1.91. The van der Waals surface area contributed by atoms with Gasteiger partial charge < -0.3 is 5.32 Å². The van der Waals surface area contributed by atoms with Gasteiger partial charge in [-0.3, -0.25) is 24.6 Å². The summed E-state index contributed by atoms with van der Waals surface area (Å²) in [7, 11) is 0. The van der Waals surface area contributed by atoms with E-state index in [0.717, 1.165) is 0 Å². The summed E-state index contributed by atoms with van der Waals surface area (Å²) in [6, 6.07) is 17.2. The summed E-state index contributed by atoms with van der Waals surface area (Å²) in [4.78, 5) is 48.3. The van der Waals surface area contributed by atoms with Crippen molar-refractivity contribution in [3.8, 4) is 0 Å². The summed E-state index contributed by atoms with van der Waals surface area (Å²) in [5, 5.41) is 3.13. The number of hydrogen-bond donors (Lipinski definition) is 2. The van der Waals surface area contributed by atoms with Crippen molar-refractivity contribution >= 4 is 29.7 Å². The molecule has 1 aliphatic rings. The Morgan fingerprint density at radius 2 is 1.58 bits per heavy atom. The molecular weight excluding hydrogens is 334 g/mol. The number of benzene rings is 2. The SMILES string of the molecule is O=C1CC(=O)N(C(=O)/C(=C\c2ccccc2)NC(=O)c2ccccc2)N1. The molecule has 0 aliphatic carbocycles. The largest absolute Gasteiger partial charge is 0.317 e. The fraction of sp³-hybridized carbons (Fsp3) is 0.0526. The van der Waals surface area contributed by atoms with Crippen LogP contribution in [-0.2, 0) is 14.4 Å². The third-order valence-electron chi connectivity index (χ3n) is 3.63. The maximum Gasteiger partial charge on any atom is 0.296 e. The number of carbonyl (C=O) groups excluding carboxylic acids is 4. The van der Waals surface area contributed by atoms with E-state index in [1.54, 1.807) is 54.6 Å². The van der Waals surface area contributed by atoms with Crippen LogP contribution in [0.1, 0.15) is 22.3 Å². The molecule has 1 saturated heterocycles. The summed E-state index contributed by atoms with van der Waals surface area (Å²) >= 11 is 0.